The molecule has 0 amide bonds. The van der Waals surface area contributed by atoms with Crippen LogP contribution in [0.15, 0.2) is 42.5 Å². The van der Waals surface area contributed by atoms with Crippen molar-refractivity contribution < 1.29 is 18.0 Å². The van der Waals surface area contributed by atoms with Crippen molar-refractivity contribution >= 4 is 5.78 Å². The molecule has 0 aromatic heterocycles. The van der Waals surface area contributed by atoms with Crippen LogP contribution in [-0.4, -0.2) is 12.0 Å². The zero-order valence-corrected chi connectivity index (χ0v) is 11.1. The molecular weight excluding hydrogens is 265 g/mol. The third-order valence-electron chi connectivity index (χ3n) is 2.94. The van der Waals surface area contributed by atoms with Gasteiger partial charge in [-0.2, -0.15) is 13.2 Å². The molecule has 0 aliphatic rings. The summed E-state index contributed by atoms with van der Waals surface area (Å²) in [5, 5.41) is 0. The number of alkyl halides is 3. The van der Waals surface area contributed by atoms with Crippen LogP contribution in [0.3, 0.4) is 0 Å². The smallest absolute Gasteiger partial charge is 0.284 e. The maximum Gasteiger partial charge on any atom is 0.454 e. The maximum atomic E-state index is 12.4. The average Bonchev–Trinajstić information content (AvgIpc) is 2.36. The van der Waals surface area contributed by atoms with Crippen LogP contribution < -0.4 is 0 Å². The highest BCUT2D eigenvalue weighted by Crippen LogP contribution is 2.26. The lowest BCUT2D eigenvalue weighted by Crippen LogP contribution is -2.22. The van der Waals surface area contributed by atoms with Crippen molar-refractivity contribution in [3.05, 3.63) is 59.2 Å². The average molecular weight is 278 g/mol. The first-order chi connectivity index (χ1) is 9.27. The minimum atomic E-state index is -4.85. The Kier molecular flexibility index (Phi) is 3.66. The van der Waals surface area contributed by atoms with Gasteiger partial charge in [-0.1, -0.05) is 47.5 Å². The normalized spacial score (nSPS) is 11.4. The van der Waals surface area contributed by atoms with E-state index in [0.29, 0.717) is 5.56 Å². The van der Waals surface area contributed by atoms with Crippen molar-refractivity contribution in [3.8, 4) is 11.1 Å². The number of carbonyl (C=O) groups is 1. The molecule has 1 nitrogen and oxygen atoms in total. The standard InChI is InChI=1S/C16H13F3O/c1-10-6-11(2)8-14(7-10)12-4-3-5-13(9-12)15(20)16(17,18)19/h3-9H,1-2H3. The van der Waals surface area contributed by atoms with E-state index in [0.717, 1.165) is 16.7 Å². The molecule has 0 bridgehead atoms. The Morgan fingerprint density at radius 1 is 0.900 bits per heavy atom. The van der Waals surface area contributed by atoms with Gasteiger partial charge in [0.15, 0.2) is 0 Å². The molecule has 0 aliphatic heterocycles. The zero-order valence-electron chi connectivity index (χ0n) is 11.1. The molecule has 0 atom stereocenters. The first kappa shape index (κ1) is 14.3. The molecule has 4 heteroatoms. The number of aryl methyl sites for hydroxylation is 2. The van der Waals surface area contributed by atoms with Gasteiger partial charge in [0, 0.05) is 5.56 Å². The molecule has 2 aromatic carbocycles. The predicted octanol–water partition coefficient (Wildman–Crippen LogP) is 4.72. The van der Waals surface area contributed by atoms with E-state index in [1.54, 1.807) is 6.07 Å². The summed E-state index contributed by atoms with van der Waals surface area (Å²) in [7, 11) is 0. The second kappa shape index (κ2) is 5.12. The van der Waals surface area contributed by atoms with E-state index >= 15 is 0 Å². The van der Waals surface area contributed by atoms with Crippen LogP contribution in [0.25, 0.3) is 11.1 Å². The molecule has 0 fully saturated rings. The topological polar surface area (TPSA) is 17.1 Å². The number of rotatable bonds is 2. The third-order valence-corrected chi connectivity index (χ3v) is 2.94. The van der Waals surface area contributed by atoms with Gasteiger partial charge in [-0.3, -0.25) is 4.79 Å². The van der Waals surface area contributed by atoms with Gasteiger partial charge in [-0.05, 0) is 31.0 Å². The summed E-state index contributed by atoms with van der Waals surface area (Å²) >= 11 is 0. The van der Waals surface area contributed by atoms with Crippen molar-refractivity contribution in [3.63, 3.8) is 0 Å². The molecule has 104 valence electrons. The van der Waals surface area contributed by atoms with Crippen LogP contribution in [0, 0.1) is 13.8 Å². The number of halogens is 3. The van der Waals surface area contributed by atoms with Crippen LogP contribution >= 0.6 is 0 Å². The number of Topliss-reactive ketones (excluding diaryl/α,β-unsaturated/α-hetero) is 1. The van der Waals surface area contributed by atoms with Gasteiger partial charge >= 0.3 is 6.18 Å². The summed E-state index contributed by atoms with van der Waals surface area (Å²) in [6, 6.07) is 11.4. The third kappa shape index (κ3) is 3.07. The molecule has 0 aliphatic carbocycles. The van der Waals surface area contributed by atoms with Crippen molar-refractivity contribution in [2.45, 2.75) is 20.0 Å². The van der Waals surface area contributed by atoms with Gasteiger partial charge < -0.3 is 0 Å². The van der Waals surface area contributed by atoms with Gasteiger partial charge in [0.1, 0.15) is 0 Å². The van der Waals surface area contributed by atoms with Crippen LogP contribution in [0.2, 0.25) is 0 Å². The number of hydrogen-bond acceptors (Lipinski definition) is 1. The van der Waals surface area contributed by atoms with E-state index in [1.807, 2.05) is 32.0 Å². The fourth-order valence-electron chi connectivity index (χ4n) is 2.15. The van der Waals surface area contributed by atoms with E-state index in [2.05, 4.69) is 0 Å². The largest absolute Gasteiger partial charge is 0.454 e. The van der Waals surface area contributed by atoms with Crippen molar-refractivity contribution in [2.75, 3.05) is 0 Å². The molecule has 2 rings (SSSR count). The summed E-state index contributed by atoms with van der Waals surface area (Å²) in [5.41, 5.74) is 3.11. The van der Waals surface area contributed by atoms with Gasteiger partial charge in [0.05, 0.1) is 0 Å². The predicted molar refractivity (Wildman–Crippen MR) is 71.7 cm³/mol. The Morgan fingerprint density at radius 2 is 1.50 bits per heavy atom. The Bertz CT molecular complexity index is 637. The molecule has 0 N–H and O–H groups in total. The molecule has 0 radical (unpaired) electrons. The highest BCUT2D eigenvalue weighted by Gasteiger charge is 2.39. The van der Waals surface area contributed by atoms with E-state index < -0.39 is 12.0 Å². The molecule has 0 unspecified atom stereocenters. The zero-order chi connectivity index (χ0) is 14.9. The van der Waals surface area contributed by atoms with Gasteiger partial charge in [0.2, 0.25) is 0 Å². The van der Waals surface area contributed by atoms with Crippen molar-refractivity contribution in [2.24, 2.45) is 0 Å². The minimum absolute atomic E-state index is 0.339. The molecule has 0 heterocycles. The second-order valence-corrected chi connectivity index (χ2v) is 4.78. The summed E-state index contributed by atoms with van der Waals surface area (Å²) in [5.74, 6) is -1.82. The first-order valence-corrected chi connectivity index (χ1v) is 6.07. The van der Waals surface area contributed by atoms with E-state index in [9.17, 15) is 18.0 Å². The van der Waals surface area contributed by atoms with Gasteiger partial charge in [-0.25, -0.2) is 0 Å². The molecule has 0 spiro atoms. The number of benzene rings is 2. The minimum Gasteiger partial charge on any atom is -0.284 e. The van der Waals surface area contributed by atoms with Crippen molar-refractivity contribution in [1.82, 2.24) is 0 Å². The van der Waals surface area contributed by atoms with Crippen molar-refractivity contribution in [1.29, 1.82) is 0 Å². The first-order valence-electron chi connectivity index (χ1n) is 6.07. The summed E-state index contributed by atoms with van der Waals surface area (Å²) in [6.07, 6.45) is -4.85. The quantitative estimate of drug-likeness (QED) is 0.727. The monoisotopic (exact) mass is 278 g/mol. The fraction of sp³-hybridized carbons (Fsp3) is 0.188. The molecular formula is C16H13F3O. The lowest BCUT2D eigenvalue weighted by atomic mass is 9.98. The molecule has 0 saturated carbocycles. The highest BCUT2D eigenvalue weighted by atomic mass is 19.4. The SMILES string of the molecule is Cc1cc(C)cc(-c2cccc(C(=O)C(F)(F)F)c2)c1. The number of carbonyl (C=O) groups excluding carboxylic acids is 1. The lowest BCUT2D eigenvalue weighted by molar-refractivity contribution is -0.0885. The Morgan fingerprint density at radius 3 is 2.05 bits per heavy atom. The summed E-state index contributed by atoms with van der Waals surface area (Å²) in [6.45, 7) is 3.84. The Balaban J connectivity index is 2.47. The fourth-order valence-corrected chi connectivity index (χ4v) is 2.15. The Labute approximate surface area is 115 Å². The lowest BCUT2D eigenvalue weighted by Gasteiger charge is -2.09. The molecule has 0 saturated heterocycles. The van der Waals surface area contributed by atoms with Crippen LogP contribution in [0.1, 0.15) is 21.5 Å². The van der Waals surface area contributed by atoms with E-state index in [4.69, 9.17) is 0 Å². The van der Waals surface area contributed by atoms with Gasteiger partial charge in [0.25, 0.3) is 5.78 Å². The van der Waals surface area contributed by atoms with E-state index in [1.165, 1.54) is 18.2 Å². The molecule has 2 aromatic rings. The van der Waals surface area contributed by atoms with Crippen LogP contribution in [0.5, 0.6) is 0 Å². The van der Waals surface area contributed by atoms with Crippen LogP contribution in [-0.2, 0) is 0 Å². The van der Waals surface area contributed by atoms with Gasteiger partial charge in [-0.15, -0.1) is 0 Å². The summed E-state index contributed by atoms with van der Waals surface area (Å²) in [4.78, 5) is 11.3. The highest BCUT2D eigenvalue weighted by molar-refractivity contribution is 6.01. The van der Waals surface area contributed by atoms with Crippen LogP contribution in [0.4, 0.5) is 13.2 Å². The second-order valence-electron chi connectivity index (χ2n) is 4.78. The summed E-state index contributed by atoms with van der Waals surface area (Å²) < 4.78 is 37.3. The number of hydrogen-bond donors (Lipinski definition) is 0. The van der Waals surface area contributed by atoms with E-state index in [-0.39, 0.29) is 5.56 Å². The molecule has 20 heavy (non-hydrogen) atoms. The number of ketones is 1. The maximum absolute atomic E-state index is 12.4. The Hall–Kier alpha value is -2.10.